The molecule has 1 saturated carbocycles. The maximum absolute atomic E-state index is 12.0. The third kappa shape index (κ3) is 4.80. The SMILES string of the molecule is CC(C)OC(=O)N1CCC2(CC1)CC(CCCOc1ccc(N)cn1)C2. The van der Waals surface area contributed by atoms with E-state index in [4.69, 9.17) is 15.2 Å². The maximum Gasteiger partial charge on any atom is 0.410 e. The van der Waals surface area contributed by atoms with Gasteiger partial charge in [-0.1, -0.05) is 0 Å². The van der Waals surface area contributed by atoms with Gasteiger partial charge in [0.25, 0.3) is 0 Å². The average Bonchev–Trinajstić information content (AvgIpc) is 2.58. The van der Waals surface area contributed by atoms with E-state index in [0.29, 0.717) is 23.6 Å². The van der Waals surface area contributed by atoms with Gasteiger partial charge >= 0.3 is 6.09 Å². The number of hydrogen-bond donors (Lipinski definition) is 1. The van der Waals surface area contributed by atoms with Gasteiger partial charge in [-0.25, -0.2) is 9.78 Å². The van der Waals surface area contributed by atoms with E-state index in [2.05, 4.69) is 4.98 Å². The highest BCUT2D eigenvalue weighted by molar-refractivity contribution is 5.67. The van der Waals surface area contributed by atoms with Crippen LogP contribution in [-0.2, 0) is 4.74 Å². The van der Waals surface area contributed by atoms with Crippen molar-refractivity contribution in [2.45, 2.75) is 58.5 Å². The Morgan fingerprint density at radius 3 is 2.69 bits per heavy atom. The average molecular weight is 361 g/mol. The van der Waals surface area contributed by atoms with Crippen LogP contribution in [0.25, 0.3) is 0 Å². The summed E-state index contributed by atoms with van der Waals surface area (Å²) < 4.78 is 11.0. The molecule has 144 valence electrons. The number of aromatic nitrogens is 1. The summed E-state index contributed by atoms with van der Waals surface area (Å²) in [5.41, 5.74) is 6.74. The summed E-state index contributed by atoms with van der Waals surface area (Å²) in [6.45, 7) is 6.17. The van der Waals surface area contributed by atoms with Gasteiger partial charge < -0.3 is 20.1 Å². The first kappa shape index (κ1) is 18.8. The summed E-state index contributed by atoms with van der Waals surface area (Å²) in [6.07, 6.45) is 8.49. The lowest BCUT2D eigenvalue weighted by atomic mass is 9.56. The van der Waals surface area contributed by atoms with Crippen LogP contribution in [0.1, 0.15) is 52.4 Å². The second-order valence-corrected chi connectivity index (χ2v) is 8.11. The van der Waals surface area contributed by atoms with Gasteiger partial charge in [-0.3, -0.25) is 0 Å². The van der Waals surface area contributed by atoms with Crippen molar-refractivity contribution in [3.05, 3.63) is 18.3 Å². The molecule has 1 spiro atoms. The third-order valence-corrected chi connectivity index (χ3v) is 5.63. The Morgan fingerprint density at radius 2 is 2.08 bits per heavy atom. The fourth-order valence-electron chi connectivity index (χ4n) is 4.24. The molecule has 1 aliphatic heterocycles. The van der Waals surface area contributed by atoms with Gasteiger partial charge in [0, 0.05) is 19.2 Å². The lowest BCUT2D eigenvalue weighted by Gasteiger charge is -2.52. The first-order chi connectivity index (χ1) is 12.5. The van der Waals surface area contributed by atoms with Crippen LogP contribution in [0.15, 0.2) is 18.3 Å². The zero-order valence-electron chi connectivity index (χ0n) is 15.9. The van der Waals surface area contributed by atoms with Crippen LogP contribution in [0.2, 0.25) is 0 Å². The van der Waals surface area contributed by atoms with Crippen molar-refractivity contribution < 1.29 is 14.3 Å². The standard InChI is InChI=1S/C20H31N3O3/c1-15(2)26-19(24)23-9-7-20(8-10-23)12-16(13-20)4-3-11-25-18-6-5-17(21)14-22-18/h5-6,14-16H,3-4,7-13,21H2,1-2H3. The number of piperidine rings is 1. The van der Waals surface area contributed by atoms with Crippen LogP contribution in [0.3, 0.4) is 0 Å². The van der Waals surface area contributed by atoms with Crippen molar-refractivity contribution >= 4 is 11.8 Å². The minimum atomic E-state index is -0.154. The van der Waals surface area contributed by atoms with Crippen molar-refractivity contribution in [2.75, 3.05) is 25.4 Å². The van der Waals surface area contributed by atoms with Gasteiger partial charge in [0.2, 0.25) is 5.88 Å². The minimum absolute atomic E-state index is 0.0443. The molecule has 2 heterocycles. The quantitative estimate of drug-likeness (QED) is 0.779. The largest absolute Gasteiger partial charge is 0.478 e. The van der Waals surface area contributed by atoms with Crippen molar-refractivity contribution in [2.24, 2.45) is 11.3 Å². The first-order valence-corrected chi connectivity index (χ1v) is 9.76. The van der Waals surface area contributed by atoms with E-state index in [0.717, 1.165) is 38.3 Å². The van der Waals surface area contributed by atoms with E-state index in [1.807, 2.05) is 24.8 Å². The predicted octanol–water partition coefficient (Wildman–Crippen LogP) is 3.86. The second-order valence-electron chi connectivity index (χ2n) is 8.11. The van der Waals surface area contributed by atoms with Crippen LogP contribution in [0.5, 0.6) is 5.88 Å². The zero-order valence-corrected chi connectivity index (χ0v) is 15.9. The molecular formula is C20H31N3O3. The van der Waals surface area contributed by atoms with Gasteiger partial charge in [-0.05, 0) is 69.8 Å². The van der Waals surface area contributed by atoms with Crippen LogP contribution in [-0.4, -0.2) is 41.8 Å². The number of pyridine rings is 1. The Balaban J connectivity index is 1.30. The van der Waals surface area contributed by atoms with Crippen molar-refractivity contribution in [1.82, 2.24) is 9.88 Å². The molecule has 0 bridgehead atoms. The normalized spacial score (nSPS) is 19.4. The van der Waals surface area contributed by atoms with Gasteiger partial charge in [-0.15, -0.1) is 0 Å². The Hall–Kier alpha value is -1.98. The molecule has 1 aliphatic carbocycles. The summed E-state index contributed by atoms with van der Waals surface area (Å²) in [6, 6.07) is 3.62. The van der Waals surface area contributed by atoms with E-state index in [9.17, 15) is 4.79 Å². The summed E-state index contributed by atoms with van der Waals surface area (Å²) in [5.74, 6) is 1.44. The molecule has 6 heteroatoms. The van der Waals surface area contributed by atoms with Gasteiger partial charge in [0.05, 0.1) is 24.6 Å². The lowest BCUT2D eigenvalue weighted by Crippen LogP contribution is -2.49. The Labute approximate surface area is 156 Å². The molecule has 0 aromatic carbocycles. The fraction of sp³-hybridized carbons (Fsp3) is 0.700. The Bertz CT molecular complexity index is 587. The van der Waals surface area contributed by atoms with E-state index in [1.54, 1.807) is 12.3 Å². The monoisotopic (exact) mass is 361 g/mol. The number of carbonyl (C=O) groups excluding carboxylic acids is 1. The third-order valence-electron chi connectivity index (χ3n) is 5.63. The number of anilines is 1. The molecule has 2 fully saturated rings. The van der Waals surface area contributed by atoms with Gasteiger partial charge in [-0.2, -0.15) is 0 Å². The van der Waals surface area contributed by atoms with E-state index in [-0.39, 0.29) is 12.2 Å². The number of hydrogen-bond acceptors (Lipinski definition) is 5. The molecular weight excluding hydrogens is 330 g/mol. The molecule has 26 heavy (non-hydrogen) atoms. The Morgan fingerprint density at radius 1 is 1.35 bits per heavy atom. The highest BCUT2D eigenvalue weighted by atomic mass is 16.6. The van der Waals surface area contributed by atoms with Crippen LogP contribution in [0.4, 0.5) is 10.5 Å². The molecule has 1 aromatic rings. The van der Waals surface area contributed by atoms with E-state index >= 15 is 0 Å². The number of nitrogens with two attached hydrogens (primary N) is 1. The molecule has 3 rings (SSSR count). The van der Waals surface area contributed by atoms with Crippen LogP contribution in [0, 0.1) is 11.3 Å². The summed E-state index contributed by atoms with van der Waals surface area (Å²) in [4.78, 5) is 18.0. The summed E-state index contributed by atoms with van der Waals surface area (Å²) in [7, 11) is 0. The molecule has 2 aliphatic rings. The maximum atomic E-state index is 12.0. The molecule has 2 N–H and O–H groups in total. The number of amides is 1. The van der Waals surface area contributed by atoms with Gasteiger partial charge in [0.15, 0.2) is 0 Å². The summed E-state index contributed by atoms with van der Waals surface area (Å²) in [5, 5.41) is 0. The highest BCUT2D eigenvalue weighted by Gasteiger charge is 2.45. The Kier molecular flexibility index (Phi) is 5.89. The number of ether oxygens (including phenoxy) is 2. The number of rotatable bonds is 6. The number of nitrogens with zero attached hydrogens (tertiary/aromatic N) is 2. The predicted molar refractivity (Wildman–Crippen MR) is 101 cm³/mol. The van der Waals surface area contributed by atoms with Crippen molar-refractivity contribution in [1.29, 1.82) is 0 Å². The molecule has 1 aromatic heterocycles. The molecule has 1 saturated heterocycles. The van der Waals surface area contributed by atoms with Gasteiger partial charge in [0.1, 0.15) is 0 Å². The summed E-state index contributed by atoms with van der Waals surface area (Å²) >= 11 is 0. The molecule has 0 unspecified atom stereocenters. The molecule has 6 nitrogen and oxygen atoms in total. The number of nitrogen functional groups attached to an aromatic ring is 1. The fourth-order valence-corrected chi connectivity index (χ4v) is 4.24. The molecule has 0 radical (unpaired) electrons. The number of likely N-dealkylation sites (tertiary alicyclic amines) is 1. The van der Waals surface area contributed by atoms with Crippen LogP contribution < -0.4 is 10.5 Å². The number of carbonyl (C=O) groups is 1. The molecule has 1 amide bonds. The van der Waals surface area contributed by atoms with E-state index < -0.39 is 0 Å². The zero-order chi connectivity index (χ0) is 18.6. The van der Waals surface area contributed by atoms with E-state index in [1.165, 1.54) is 19.3 Å². The topological polar surface area (TPSA) is 77.7 Å². The van der Waals surface area contributed by atoms with Crippen molar-refractivity contribution in [3.8, 4) is 5.88 Å². The highest BCUT2D eigenvalue weighted by Crippen LogP contribution is 2.54. The smallest absolute Gasteiger partial charge is 0.410 e. The van der Waals surface area contributed by atoms with Crippen LogP contribution >= 0.6 is 0 Å². The van der Waals surface area contributed by atoms with Crippen molar-refractivity contribution in [3.63, 3.8) is 0 Å². The lowest BCUT2D eigenvalue weighted by molar-refractivity contribution is -0.0204. The first-order valence-electron chi connectivity index (χ1n) is 9.76. The minimum Gasteiger partial charge on any atom is -0.478 e. The molecule has 0 atom stereocenters. The second kappa shape index (κ2) is 8.14.